The number of aliphatic carboxylic acids is 1. The number of nitrogens with zero attached hydrogens (tertiary/aromatic N) is 1. The lowest BCUT2D eigenvalue weighted by atomic mass is 9.84. The van der Waals surface area contributed by atoms with E-state index in [1.165, 1.54) is 6.08 Å². The molecule has 1 fully saturated rings. The number of carboxylic acids is 1. The summed E-state index contributed by atoms with van der Waals surface area (Å²) < 4.78 is 0. The minimum atomic E-state index is -1.27. The summed E-state index contributed by atoms with van der Waals surface area (Å²) in [4.78, 5) is 22.6. The van der Waals surface area contributed by atoms with Crippen molar-refractivity contribution in [2.24, 2.45) is 0 Å². The molecule has 90 valence electrons. The van der Waals surface area contributed by atoms with Crippen molar-refractivity contribution in [3.63, 3.8) is 0 Å². The second-order valence-corrected chi connectivity index (χ2v) is 4.00. The van der Waals surface area contributed by atoms with E-state index in [1.807, 2.05) is 0 Å². The predicted octanol–water partition coefficient (Wildman–Crippen LogP) is 0.521. The molecule has 0 spiro atoms. The number of carbonyl (C=O) groups is 2. The van der Waals surface area contributed by atoms with Crippen LogP contribution >= 0.6 is 0 Å². The molecule has 0 aromatic rings. The van der Waals surface area contributed by atoms with Crippen LogP contribution in [0.25, 0.3) is 0 Å². The van der Waals surface area contributed by atoms with Crippen molar-refractivity contribution in [2.45, 2.75) is 30.9 Å². The van der Waals surface area contributed by atoms with Crippen molar-refractivity contribution < 1.29 is 24.9 Å². The Balaban J connectivity index is 2.83. The average molecular weight is 229 g/mol. The van der Waals surface area contributed by atoms with E-state index in [4.69, 9.17) is 10.2 Å². The van der Waals surface area contributed by atoms with E-state index >= 15 is 0 Å². The molecular formula is C10H15NO5. The Morgan fingerprint density at radius 2 is 2.12 bits per heavy atom. The van der Waals surface area contributed by atoms with Crippen molar-refractivity contribution in [3.8, 4) is 0 Å². The molecule has 1 aliphatic heterocycles. The van der Waals surface area contributed by atoms with Crippen LogP contribution in [0.1, 0.15) is 19.3 Å². The standard InChI is InChI=1S/C10H15NO5/c1-2-3-10(16)4-5-11(9(14)15)7(6-10)8(12)13/h2,7,16H,1,3-6H2,(H,12,13)(H,14,15). The molecule has 6 nitrogen and oxygen atoms in total. The molecule has 2 atom stereocenters. The number of amides is 1. The molecule has 6 heteroatoms. The SMILES string of the molecule is C=CCC1(O)CCN(C(=O)O)C(C(=O)O)C1. The van der Waals surface area contributed by atoms with Crippen LogP contribution in [-0.4, -0.2) is 50.5 Å². The van der Waals surface area contributed by atoms with Crippen LogP contribution in [0.5, 0.6) is 0 Å². The fraction of sp³-hybridized carbons (Fsp3) is 0.600. The minimum Gasteiger partial charge on any atom is -0.480 e. The summed E-state index contributed by atoms with van der Waals surface area (Å²) in [6.45, 7) is 3.51. The Morgan fingerprint density at radius 1 is 1.50 bits per heavy atom. The summed E-state index contributed by atoms with van der Waals surface area (Å²) >= 11 is 0. The summed E-state index contributed by atoms with van der Waals surface area (Å²) in [6, 6.07) is -1.18. The first kappa shape index (κ1) is 12.5. The molecule has 0 bridgehead atoms. The van der Waals surface area contributed by atoms with E-state index in [-0.39, 0.29) is 25.8 Å². The van der Waals surface area contributed by atoms with Crippen LogP contribution in [0.3, 0.4) is 0 Å². The van der Waals surface area contributed by atoms with Crippen molar-refractivity contribution in [3.05, 3.63) is 12.7 Å². The van der Waals surface area contributed by atoms with Gasteiger partial charge >= 0.3 is 12.1 Å². The molecule has 1 saturated heterocycles. The lowest BCUT2D eigenvalue weighted by Gasteiger charge is -2.40. The number of piperidine rings is 1. The highest BCUT2D eigenvalue weighted by atomic mass is 16.4. The highest BCUT2D eigenvalue weighted by Gasteiger charge is 2.42. The highest BCUT2D eigenvalue weighted by Crippen LogP contribution is 2.30. The first-order valence-corrected chi connectivity index (χ1v) is 4.95. The third kappa shape index (κ3) is 2.52. The van der Waals surface area contributed by atoms with E-state index in [9.17, 15) is 14.7 Å². The van der Waals surface area contributed by atoms with Gasteiger partial charge in [0.2, 0.25) is 0 Å². The summed E-state index contributed by atoms with van der Waals surface area (Å²) in [5, 5.41) is 27.8. The van der Waals surface area contributed by atoms with Gasteiger partial charge in [0.1, 0.15) is 6.04 Å². The predicted molar refractivity (Wildman–Crippen MR) is 55.2 cm³/mol. The first-order valence-electron chi connectivity index (χ1n) is 4.95. The molecule has 0 radical (unpaired) electrons. The number of rotatable bonds is 3. The Bertz CT molecular complexity index is 316. The maximum atomic E-state index is 10.9. The van der Waals surface area contributed by atoms with Gasteiger partial charge in [-0.25, -0.2) is 9.59 Å². The van der Waals surface area contributed by atoms with Gasteiger partial charge in [0.25, 0.3) is 0 Å². The Hall–Kier alpha value is -1.56. The van der Waals surface area contributed by atoms with Gasteiger partial charge < -0.3 is 15.3 Å². The topological polar surface area (TPSA) is 98.1 Å². The van der Waals surface area contributed by atoms with E-state index in [0.29, 0.717) is 0 Å². The Labute approximate surface area is 92.8 Å². The molecular weight excluding hydrogens is 214 g/mol. The summed E-state index contributed by atoms with van der Waals surface area (Å²) in [6.07, 6.45) is 0.642. The smallest absolute Gasteiger partial charge is 0.408 e. The quantitative estimate of drug-likeness (QED) is 0.613. The summed E-state index contributed by atoms with van der Waals surface area (Å²) in [5.74, 6) is -1.23. The largest absolute Gasteiger partial charge is 0.480 e. The van der Waals surface area contributed by atoms with Crippen LogP contribution in [0, 0.1) is 0 Å². The van der Waals surface area contributed by atoms with Crippen LogP contribution < -0.4 is 0 Å². The number of aliphatic hydroxyl groups is 1. The van der Waals surface area contributed by atoms with Crippen LogP contribution in [0.4, 0.5) is 4.79 Å². The second kappa shape index (κ2) is 4.52. The monoisotopic (exact) mass is 229 g/mol. The maximum absolute atomic E-state index is 10.9. The number of likely N-dealkylation sites (tertiary alicyclic amines) is 1. The molecule has 0 aliphatic carbocycles. The van der Waals surface area contributed by atoms with Crippen LogP contribution in [-0.2, 0) is 4.79 Å². The fourth-order valence-corrected chi connectivity index (χ4v) is 1.96. The lowest BCUT2D eigenvalue weighted by Crippen LogP contribution is -2.55. The molecule has 1 amide bonds. The van der Waals surface area contributed by atoms with E-state index in [1.54, 1.807) is 0 Å². The summed E-state index contributed by atoms with van der Waals surface area (Å²) in [7, 11) is 0. The van der Waals surface area contributed by atoms with Crippen LogP contribution in [0.2, 0.25) is 0 Å². The number of hydrogen-bond donors (Lipinski definition) is 3. The molecule has 1 aliphatic rings. The van der Waals surface area contributed by atoms with Crippen molar-refractivity contribution in [1.82, 2.24) is 4.90 Å². The fourth-order valence-electron chi connectivity index (χ4n) is 1.96. The van der Waals surface area contributed by atoms with Gasteiger partial charge in [-0.2, -0.15) is 0 Å². The molecule has 2 unspecified atom stereocenters. The molecule has 0 aromatic carbocycles. The van der Waals surface area contributed by atoms with E-state index in [2.05, 4.69) is 6.58 Å². The Morgan fingerprint density at radius 3 is 2.56 bits per heavy atom. The second-order valence-electron chi connectivity index (χ2n) is 4.00. The van der Waals surface area contributed by atoms with E-state index in [0.717, 1.165) is 4.90 Å². The zero-order valence-corrected chi connectivity index (χ0v) is 8.80. The minimum absolute atomic E-state index is 0.0244. The lowest BCUT2D eigenvalue weighted by molar-refractivity contribution is -0.148. The van der Waals surface area contributed by atoms with E-state index < -0.39 is 23.7 Å². The first-order chi connectivity index (χ1) is 7.39. The van der Waals surface area contributed by atoms with Gasteiger partial charge in [0.05, 0.1) is 5.60 Å². The Kier molecular flexibility index (Phi) is 3.54. The van der Waals surface area contributed by atoms with Gasteiger partial charge in [-0.05, 0) is 12.8 Å². The maximum Gasteiger partial charge on any atom is 0.408 e. The van der Waals surface area contributed by atoms with Crippen molar-refractivity contribution in [1.29, 1.82) is 0 Å². The van der Waals surface area contributed by atoms with Gasteiger partial charge in [0.15, 0.2) is 0 Å². The normalized spacial score (nSPS) is 29.8. The molecule has 3 N–H and O–H groups in total. The van der Waals surface area contributed by atoms with Crippen molar-refractivity contribution in [2.75, 3.05) is 6.54 Å². The van der Waals surface area contributed by atoms with Gasteiger partial charge in [-0.3, -0.25) is 4.90 Å². The van der Waals surface area contributed by atoms with Gasteiger partial charge in [-0.1, -0.05) is 6.08 Å². The molecule has 0 saturated carbocycles. The highest BCUT2D eigenvalue weighted by molar-refractivity contribution is 5.79. The van der Waals surface area contributed by atoms with Crippen molar-refractivity contribution >= 4 is 12.1 Å². The number of carboxylic acid groups (broad SMARTS) is 2. The zero-order valence-electron chi connectivity index (χ0n) is 8.80. The molecule has 16 heavy (non-hydrogen) atoms. The summed E-state index contributed by atoms with van der Waals surface area (Å²) in [5.41, 5.74) is -1.16. The molecule has 1 heterocycles. The average Bonchev–Trinajstić information content (AvgIpc) is 2.16. The van der Waals surface area contributed by atoms with Gasteiger partial charge in [-0.15, -0.1) is 6.58 Å². The molecule has 1 rings (SSSR count). The number of hydrogen-bond acceptors (Lipinski definition) is 3. The van der Waals surface area contributed by atoms with Gasteiger partial charge in [0, 0.05) is 13.0 Å². The third-order valence-corrected chi connectivity index (χ3v) is 2.82. The van der Waals surface area contributed by atoms with Crippen LogP contribution in [0.15, 0.2) is 12.7 Å². The zero-order chi connectivity index (χ0) is 12.3. The molecule has 0 aromatic heterocycles. The third-order valence-electron chi connectivity index (χ3n) is 2.82.